The van der Waals surface area contributed by atoms with E-state index < -0.39 is 5.97 Å². The molecule has 0 fully saturated rings. The summed E-state index contributed by atoms with van der Waals surface area (Å²) >= 11 is 0. The highest BCUT2D eigenvalue weighted by Crippen LogP contribution is 2.13. The highest BCUT2D eigenvalue weighted by atomic mass is 16.5. The minimum Gasteiger partial charge on any atom is -0.476 e. The molecule has 14 heavy (non-hydrogen) atoms. The van der Waals surface area contributed by atoms with Gasteiger partial charge in [0.15, 0.2) is 5.69 Å². The number of nitrogen functional groups attached to an aromatic ring is 1. The lowest BCUT2D eigenvalue weighted by atomic mass is 10.4. The van der Waals surface area contributed by atoms with Gasteiger partial charge in [0.2, 0.25) is 0 Å². The molecule has 6 nitrogen and oxygen atoms in total. The fourth-order valence-electron chi connectivity index (χ4n) is 1.12. The van der Waals surface area contributed by atoms with Crippen LogP contribution in [0, 0.1) is 0 Å². The third-order valence-electron chi connectivity index (χ3n) is 1.82. The van der Waals surface area contributed by atoms with Crippen LogP contribution >= 0.6 is 0 Å². The first kappa shape index (κ1) is 10.5. The summed E-state index contributed by atoms with van der Waals surface area (Å²) < 4.78 is 6.41. The summed E-state index contributed by atoms with van der Waals surface area (Å²) in [6.45, 7) is 2.32. The predicted molar refractivity (Wildman–Crippen MR) is 50.2 cm³/mol. The first-order chi connectivity index (χ1) is 6.56. The molecule has 0 aromatic carbocycles. The first-order valence-corrected chi connectivity index (χ1v) is 4.13. The maximum atomic E-state index is 10.6. The van der Waals surface area contributed by atoms with E-state index in [1.165, 1.54) is 10.9 Å². The molecule has 1 heterocycles. The average molecular weight is 199 g/mol. The van der Waals surface area contributed by atoms with Crippen molar-refractivity contribution in [3.63, 3.8) is 0 Å². The summed E-state index contributed by atoms with van der Waals surface area (Å²) in [7, 11) is 1.57. The van der Waals surface area contributed by atoms with E-state index in [-0.39, 0.29) is 17.4 Å². The van der Waals surface area contributed by atoms with E-state index in [1.807, 2.05) is 6.92 Å². The molecule has 0 aliphatic carbocycles. The van der Waals surface area contributed by atoms with Crippen molar-refractivity contribution in [1.29, 1.82) is 0 Å². The Morgan fingerprint density at radius 2 is 2.50 bits per heavy atom. The number of anilines is 1. The quantitative estimate of drug-likeness (QED) is 0.731. The SMILES string of the molecule is COCC(C)n1cc(N)c(C(=O)O)n1. The van der Waals surface area contributed by atoms with E-state index in [0.29, 0.717) is 6.61 Å². The van der Waals surface area contributed by atoms with Crippen molar-refractivity contribution < 1.29 is 14.6 Å². The van der Waals surface area contributed by atoms with Gasteiger partial charge in [0.05, 0.1) is 18.3 Å². The van der Waals surface area contributed by atoms with E-state index >= 15 is 0 Å². The molecule has 0 amide bonds. The van der Waals surface area contributed by atoms with Gasteiger partial charge in [-0.25, -0.2) is 4.79 Å². The van der Waals surface area contributed by atoms with Crippen LogP contribution in [0.2, 0.25) is 0 Å². The topological polar surface area (TPSA) is 90.4 Å². The van der Waals surface area contributed by atoms with Gasteiger partial charge in [0, 0.05) is 13.3 Å². The van der Waals surface area contributed by atoms with Crippen LogP contribution < -0.4 is 5.73 Å². The monoisotopic (exact) mass is 199 g/mol. The highest BCUT2D eigenvalue weighted by molar-refractivity contribution is 5.91. The number of carboxylic acids is 1. The van der Waals surface area contributed by atoms with E-state index in [1.54, 1.807) is 7.11 Å². The van der Waals surface area contributed by atoms with Gasteiger partial charge in [-0.3, -0.25) is 4.68 Å². The summed E-state index contributed by atoms with van der Waals surface area (Å²) in [5.41, 5.74) is 5.52. The predicted octanol–water partition coefficient (Wildman–Crippen LogP) is 0.371. The Hall–Kier alpha value is -1.56. The van der Waals surface area contributed by atoms with Crippen molar-refractivity contribution in [2.24, 2.45) is 0 Å². The number of carbonyl (C=O) groups is 1. The number of nitrogens with two attached hydrogens (primary N) is 1. The Morgan fingerprint density at radius 3 is 2.93 bits per heavy atom. The summed E-state index contributed by atoms with van der Waals surface area (Å²) in [5, 5.41) is 12.5. The van der Waals surface area contributed by atoms with E-state index in [0.717, 1.165) is 0 Å². The Morgan fingerprint density at radius 1 is 1.86 bits per heavy atom. The van der Waals surface area contributed by atoms with Crippen LogP contribution in [0.15, 0.2) is 6.20 Å². The summed E-state index contributed by atoms with van der Waals surface area (Å²) in [4.78, 5) is 10.6. The number of rotatable bonds is 4. The molecule has 6 heteroatoms. The largest absolute Gasteiger partial charge is 0.476 e. The molecular formula is C8H13N3O3. The van der Waals surface area contributed by atoms with Gasteiger partial charge in [0.1, 0.15) is 0 Å². The Balaban J connectivity index is 2.90. The van der Waals surface area contributed by atoms with Crippen LogP contribution in [-0.2, 0) is 4.74 Å². The molecule has 0 bridgehead atoms. The van der Waals surface area contributed by atoms with Gasteiger partial charge < -0.3 is 15.6 Å². The number of aromatic carboxylic acids is 1. The lowest BCUT2D eigenvalue weighted by Crippen LogP contribution is -2.12. The van der Waals surface area contributed by atoms with Gasteiger partial charge in [-0.2, -0.15) is 5.10 Å². The molecule has 78 valence electrons. The van der Waals surface area contributed by atoms with E-state index in [9.17, 15) is 4.79 Å². The standard InChI is InChI=1S/C8H13N3O3/c1-5(4-14-2)11-3-6(9)7(10-11)8(12)13/h3,5H,4,9H2,1-2H3,(H,12,13). The minimum absolute atomic E-state index is 0.0320. The molecule has 0 spiro atoms. The van der Waals surface area contributed by atoms with Crippen LogP contribution in [0.5, 0.6) is 0 Å². The molecule has 1 atom stereocenters. The molecule has 0 aliphatic rings. The van der Waals surface area contributed by atoms with Crippen LogP contribution in [-0.4, -0.2) is 34.6 Å². The zero-order valence-corrected chi connectivity index (χ0v) is 8.10. The van der Waals surface area contributed by atoms with Crippen molar-refractivity contribution in [1.82, 2.24) is 9.78 Å². The number of methoxy groups -OCH3 is 1. The molecule has 0 saturated heterocycles. The zero-order valence-electron chi connectivity index (χ0n) is 8.10. The van der Waals surface area contributed by atoms with Crippen LogP contribution in [0.25, 0.3) is 0 Å². The van der Waals surface area contributed by atoms with Crippen molar-refractivity contribution in [2.45, 2.75) is 13.0 Å². The molecule has 0 saturated carbocycles. The molecular weight excluding hydrogens is 186 g/mol. The smallest absolute Gasteiger partial charge is 0.358 e. The van der Waals surface area contributed by atoms with Crippen molar-refractivity contribution in [3.8, 4) is 0 Å². The van der Waals surface area contributed by atoms with Gasteiger partial charge in [-0.15, -0.1) is 0 Å². The molecule has 1 aromatic heterocycles. The second-order valence-electron chi connectivity index (χ2n) is 3.02. The van der Waals surface area contributed by atoms with E-state index in [2.05, 4.69) is 5.10 Å². The minimum atomic E-state index is -1.12. The van der Waals surface area contributed by atoms with Crippen molar-refractivity contribution >= 4 is 11.7 Å². The van der Waals surface area contributed by atoms with Crippen LogP contribution in [0.1, 0.15) is 23.5 Å². The summed E-state index contributed by atoms with van der Waals surface area (Å²) in [5.74, 6) is -1.12. The number of hydrogen-bond acceptors (Lipinski definition) is 4. The van der Waals surface area contributed by atoms with Gasteiger partial charge in [-0.1, -0.05) is 0 Å². The van der Waals surface area contributed by atoms with Crippen molar-refractivity contribution in [3.05, 3.63) is 11.9 Å². The zero-order chi connectivity index (χ0) is 10.7. The lowest BCUT2D eigenvalue weighted by Gasteiger charge is -2.09. The second kappa shape index (κ2) is 4.10. The van der Waals surface area contributed by atoms with Crippen LogP contribution in [0.3, 0.4) is 0 Å². The maximum absolute atomic E-state index is 10.6. The van der Waals surface area contributed by atoms with Crippen molar-refractivity contribution in [2.75, 3.05) is 19.5 Å². The molecule has 1 rings (SSSR count). The number of carboxylic acid groups (broad SMARTS) is 1. The number of ether oxygens (including phenoxy) is 1. The summed E-state index contributed by atoms with van der Waals surface area (Å²) in [6.07, 6.45) is 1.49. The van der Waals surface area contributed by atoms with Gasteiger partial charge >= 0.3 is 5.97 Å². The Bertz CT molecular complexity index is 335. The maximum Gasteiger partial charge on any atom is 0.358 e. The number of nitrogens with zero attached hydrogens (tertiary/aromatic N) is 2. The Kier molecular flexibility index (Phi) is 3.08. The second-order valence-corrected chi connectivity index (χ2v) is 3.02. The normalized spacial score (nSPS) is 12.7. The van der Waals surface area contributed by atoms with Crippen LogP contribution in [0.4, 0.5) is 5.69 Å². The fourth-order valence-corrected chi connectivity index (χ4v) is 1.12. The molecule has 0 aliphatic heterocycles. The third kappa shape index (κ3) is 2.02. The molecule has 3 N–H and O–H groups in total. The molecule has 1 unspecified atom stereocenters. The van der Waals surface area contributed by atoms with E-state index in [4.69, 9.17) is 15.6 Å². The number of aromatic nitrogens is 2. The molecule has 1 aromatic rings. The lowest BCUT2D eigenvalue weighted by molar-refractivity contribution is 0.0689. The first-order valence-electron chi connectivity index (χ1n) is 4.13. The Labute approximate surface area is 81.3 Å². The average Bonchev–Trinajstić information content (AvgIpc) is 2.48. The van der Waals surface area contributed by atoms with Gasteiger partial charge in [0.25, 0.3) is 0 Å². The fraction of sp³-hybridized carbons (Fsp3) is 0.500. The summed E-state index contributed by atoms with van der Waals surface area (Å²) in [6, 6.07) is -0.0320. The van der Waals surface area contributed by atoms with Gasteiger partial charge in [-0.05, 0) is 6.92 Å². The molecule has 0 radical (unpaired) electrons. The number of hydrogen-bond donors (Lipinski definition) is 2. The highest BCUT2D eigenvalue weighted by Gasteiger charge is 2.15. The third-order valence-corrected chi connectivity index (χ3v) is 1.82.